The molecule has 8 heteroatoms. The average Bonchev–Trinajstić information content (AvgIpc) is 3.33. The molecule has 7 nitrogen and oxygen atoms in total. The number of nitrogens with one attached hydrogen (secondary N) is 1. The number of benzene rings is 2. The summed E-state index contributed by atoms with van der Waals surface area (Å²) >= 11 is 1.21. The number of amides is 1. The number of ether oxygens (including phenoxy) is 2. The van der Waals surface area contributed by atoms with Crippen LogP contribution in [-0.2, 0) is 4.79 Å². The highest BCUT2D eigenvalue weighted by Crippen LogP contribution is 2.34. The smallest absolute Gasteiger partial charge is 0.277 e. The standard InChI is InChI=1S/C20H19N3O4S/c1-11-4-5-14(8-12(11)2)19-22-23-20(27-19)28-13(3)18(24)21-15-6-7-16-17(9-15)26-10-25-16/h4-9,13H,10H2,1-3H3,(H,21,24)/t13-/m1/s1. The average molecular weight is 397 g/mol. The van der Waals surface area contributed by atoms with Crippen LogP contribution in [0.1, 0.15) is 18.1 Å². The maximum absolute atomic E-state index is 12.5. The number of nitrogens with zero attached hydrogens (tertiary/aromatic N) is 2. The lowest BCUT2D eigenvalue weighted by Gasteiger charge is -2.10. The largest absolute Gasteiger partial charge is 0.454 e. The Balaban J connectivity index is 1.40. The van der Waals surface area contributed by atoms with E-state index < -0.39 is 5.25 Å². The van der Waals surface area contributed by atoms with E-state index in [4.69, 9.17) is 13.9 Å². The number of carbonyl (C=O) groups is 1. The van der Waals surface area contributed by atoms with Crippen molar-refractivity contribution in [1.29, 1.82) is 0 Å². The summed E-state index contributed by atoms with van der Waals surface area (Å²) in [5.74, 6) is 1.56. The molecule has 4 rings (SSSR count). The van der Waals surface area contributed by atoms with Crippen molar-refractivity contribution in [3.8, 4) is 23.0 Å². The number of fused-ring (bicyclic) bond motifs is 1. The molecule has 144 valence electrons. The van der Waals surface area contributed by atoms with Gasteiger partial charge in [0.2, 0.25) is 18.6 Å². The molecule has 1 amide bonds. The van der Waals surface area contributed by atoms with Crippen molar-refractivity contribution in [2.45, 2.75) is 31.2 Å². The number of aromatic nitrogens is 2. The topological polar surface area (TPSA) is 86.5 Å². The molecule has 0 spiro atoms. The Morgan fingerprint density at radius 2 is 1.89 bits per heavy atom. The van der Waals surface area contributed by atoms with E-state index in [1.54, 1.807) is 25.1 Å². The quantitative estimate of drug-likeness (QED) is 0.646. The summed E-state index contributed by atoms with van der Waals surface area (Å²) in [5.41, 5.74) is 3.86. The summed E-state index contributed by atoms with van der Waals surface area (Å²) in [5, 5.41) is 10.9. The zero-order valence-corrected chi connectivity index (χ0v) is 16.5. The van der Waals surface area contributed by atoms with Gasteiger partial charge in [-0.15, -0.1) is 10.2 Å². The second-order valence-electron chi connectivity index (χ2n) is 6.49. The minimum atomic E-state index is -0.418. The Morgan fingerprint density at radius 3 is 2.71 bits per heavy atom. The van der Waals surface area contributed by atoms with Gasteiger partial charge in [-0.2, -0.15) is 0 Å². The SMILES string of the molecule is Cc1ccc(-c2nnc(S[C@H](C)C(=O)Nc3ccc4c(c3)OCO4)o2)cc1C. The highest BCUT2D eigenvalue weighted by Gasteiger charge is 2.20. The van der Waals surface area contributed by atoms with Crippen LogP contribution in [0.15, 0.2) is 46.0 Å². The van der Waals surface area contributed by atoms with E-state index in [9.17, 15) is 4.79 Å². The number of hydrogen-bond donors (Lipinski definition) is 1. The van der Waals surface area contributed by atoms with E-state index in [1.807, 2.05) is 25.1 Å². The molecule has 0 aliphatic carbocycles. The fraction of sp³-hybridized carbons (Fsp3) is 0.250. The van der Waals surface area contributed by atoms with Crippen LogP contribution < -0.4 is 14.8 Å². The molecule has 1 aliphatic rings. The molecule has 0 saturated heterocycles. The second-order valence-corrected chi connectivity index (χ2v) is 7.78. The Morgan fingerprint density at radius 1 is 1.07 bits per heavy atom. The molecule has 2 aromatic carbocycles. The predicted octanol–water partition coefficient (Wildman–Crippen LogP) is 4.20. The zero-order chi connectivity index (χ0) is 19.7. The molecule has 28 heavy (non-hydrogen) atoms. The van der Waals surface area contributed by atoms with Gasteiger partial charge < -0.3 is 19.2 Å². The van der Waals surface area contributed by atoms with Crippen LogP contribution in [-0.4, -0.2) is 28.1 Å². The first-order valence-electron chi connectivity index (χ1n) is 8.78. The molecule has 1 N–H and O–H groups in total. The van der Waals surface area contributed by atoms with E-state index in [2.05, 4.69) is 22.4 Å². The Hall–Kier alpha value is -3.00. The first kappa shape index (κ1) is 18.4. The predicted molar refractivity (Wildman–Crippen MR) is 106 cm³/mol. The maximum Gasteiger partial charge on any atom is 0.277 e. The third kappa shape index (κ3) is 3.82. The monoisotopic (exact) mass is 397 g/mol. The van der Waals surface area contributed by atoms with Crippen LogP contribution in [0, 0.1) is 13.8 Å². The lowest BCUT2D eigenvalue weighted by Crippen LogP contribution is -2.22. The molecule has 1 aliphatic heterocycles. The number of carbonyl (C=O) groups excluding carboxylic acids is 1. The van der Waals surface area contributed by atoms with Crippen LogP contribution in [0.3, 0.4) is 0 Å². The molecule has 0 unspecified atom stereocenters. The summed E-state index contributed by atoms with van der Waals surface area (Å²) in [6.45, 7) is 6.06. The van der Waals surface area contributed by atoms with Crippen molar-refractivity contribution < 1.29 is 18.7 Å². The highest BCUT2D eigenvalue weighted by atomic mass is 32.2. The number of hydrogen-bond acceptors (Lipinski definition) is 7. The lowest BCUT2D eigenvalue weighted by atomic mass is 10.1. The zero-order valence-electron chi connectivity index (χ0n) is 15.7. The van der Waals surface area contributed by atoms with Crippen molar-refractivity contribution in [2.75, 3.05) is 12.1 Å². The van der Waals surface area contributed by atoms with E-state index in [0.29, 0.717) is 28.3 Å². The Labute approximate surface area is 166 Å². The molecular weight excluding hydrogens is 378 g/mol. The molecule has 2 heterocycles. The number of rotatable bonds is 5. The van der Waals surface area contributed by atoms with Gasteiger partial charge in [-0.05, 0) is 56.2 Å². The number of aryl methyl sites for hydroxylation is 2. The van der Waals surface area contributed by atoms with Crippen molar-refractivity contribution >= 4 is 23.4 Å². The molecule has 0 fully saturated rings. The summed E-state index contributed by atoms with van der Waals surface area (Å²) in [4.78, 5) is 12.5. The molecule has 1 atom stereocenters. The van der Waals surface area contributed by atoms with Gasteiger partial charge in [-0.25, -0.2) is 0 Å². The van der Waals surface area contributed by atoms with Gasteiger partial charge in [0.05, 0.1) is 5.25 Å². The third-order valence-electron chi connectivity index (χ3n) is 4.45. The van der Waals surface area contributed by atoms with Gasteiger partial charge in [0.1, 0.15) is 0 Å². The van der Waals surface area contributed by atoms with Crippen molar-refractivity contribution in [3.05, 3.63) is 47.5 Å². The van der Waals surface area contributed by atoms with Crippen LogP contribution in [0.4, 0.5) is 5.69 Å². The summed E-state index contributed by atoms with van der Waals surface area (Å²) in [6, 6.07) is 11.2. The number of thioether (sulfide) groups is 1. The summed E-state index contributed by atoms with van der Waals surface area (Å²) < 4.78 is 16.3. The van der Waals surface area contributed by atoms with E-state index in [1.165, 1.54) is 17.3 Å². The molecule has 3 aromatic rings. The molecule has 0 radical (unpaired) electrons. The lowest BCUT2D eigenvalue weighted by molar-refractivity contribution is -0.115. The normalized spacial score (nSPS) is 13.4. The summed E-state index contributed by atoms with van der Waals surface area (Å²) in [6.07, 6.45) is 0. The highest BCUT2D eigenvalue weighted by molar-refractivity contribution is 8.00. The number of anilines is 1. The van der Waals surface area contributed by atoms with Crippen LogP contribution in [0.5, 0.6) is 11.5 Å². The third-order valence-corrected chi connectivity index (χ3v) is 5.38. The fourth-order valence-electron chi connectivity index (χ4n) is 2.67. The molecule has 0 saturated carbocycles. The molecular formula is C20H19N3O4S. The maximum atomic E-state index is 12.5. The second kappa shape index (κ2) is 7.55. The minimum Gasteiger partial charge on any atom is -0.454 e. The summed E-state index contributed by atoms with van der Waals surface area (Å²) in [7, 11) is 0. The van der Waals surface area contributed by atoms with E-state index in [0.717, 1.165) is 11.1 Å². The van der Waals surface area contributed by atoms with Crippen molar-refractivity contribution in [2.24, 2.45) is 0 Å². The minimum absolute atomic E-state index is 0.171. The van der Waals surface area contributed by atoms with Crippen LogP contribution in [0.25, 0.3) is 11.5 Å². The van der Waals surface area contributed by atoms with E-state index >= 15 is 0 Å². The van der Waals surface area contributed by atoms with Crippen molar-refractivity contribution in [3.63, 3.8) is 0 Å². The van der Waals surface area contributed by atoms with Crippen LogP contribution >= 0.6 is 11.8 Å². The van der Waals surface area contributed by atoms with Gasteiger partial charge in [-0.1, -0.05) is 17.8 Å². The van der Waals surface area contributed by atoms with Crippen molar-refractivity contribution in [1.82, 2.24) is 10.2 Å². The Kier molecular flexibility index (Phi) is 4.95. The van der Waals surface area contributed by atoms with Crippen LogP contribution in [0.2, 0.25) is 0 Å². The fourth-order valence-corrected chi connectivity index (χ4v) is 3.35. The Bertz CT molecular complexity index is 1030. The van der Waals surface area contributed by atoms with Gasteiger partial charge in [0.15, 0.2) is 11.5 Å². The molecule has 0 bridgehead atoms. The first-order chi connectivity index (χ1) is 13.5. The van der Waals surface area contributed by atoms with Gasteiger partial charge in [0.25, 0.3) is 5.22 Å². The van der Waals surface area contributed by atoms with E-state index in [-0.39, 0.29) is 12.7 Å². The van der Waals surface area contributed by atoms with Gasteiger partial charge >= 0.3 is 0 Å². The first-order valence-corrected chi connectivity index (χ1v) is 9.66. The molecule has 1 aromatic heterocycles. The van der Waals surface area contributed by atoms with Gasteiger partial charge in [0, 0.05) is 17.3 Å². The van der Waals surface area contributed by atoms with Gasteiger partial charge in [-0.3, -0.25) is 4.79 Å².